The SMILES string of the molecule is O=C(OOCC(F)(F)F)c1ccn[nH]1. The van der Waals surface area contributed by atoms with Gasteiger partial charge in [0.15, 0.2) is 6.61 Å². The van der Waals surface area contributed by atoms with E-state index in [4.69, 9.17) is 0 Å². The van der Waals surface area contributed by atoms with Gasteiger partial charge in [-0.05, 0) is 6.07 Å². The molecule has 8 heteroatoms. The molecule has 0 amide bonds. The average Bonchev–Trinajstić information content (AvgIpc) is 2.53. The molecule has 1 aromatic heterocycles. The maximum Gasteiger partial charge on any atom is 0.415 e. The Morgan fingerprint density at radius 1 is 1.57 bits per heavy atom. The van der Waals surface area contributed by atoms with Crippen LogP contribution in [0.1, 0.15) is 10.5 Å². The van der Waals surface area contributed by atoms with Gasteiger partial charge >= 0.3 is 12.1 Å². The molecule has 1 N–H and O–H groups in total. The molecule has 0 unspecified atom stereocenters. The van der Waals surface area contributed by atoms with Crippen LogP contribution in [0.4, 0.5) is 13.2 Å². The van der Waals surface area contributed by atoms with Crippen LogP contribution in [0.3, 0.4) is 0 Å². The molecule has 0 fully saturated rings. The Labute approximate surface area is 75.7 Å². The van der Waals surface area contributed by atoms with Gasteiger partial charge in [0.1, 0.15) is 5.69 Å². The molecule has 0 saturated heterocycles. The van der Waals surface area contributed by atoms with Gasteiger partial charge in [0.05, 0.1) is 0 Å². The Balaban J connectivity index is 2.30. The van der Waals surface area contributed by atoms with Crippen molar-refractivity contribution in [1.82, 2.24) is 10.2 Å². The van der Waals surface area contributed by atoms with Crippen molar-refractivity contribution in [1.29, 1.82) is 0 Å². The first-order chi connectivity index (χ1) is 6.49. The Morgan fingerprint density at radius 3 is 2.79 bits per heavy atom. The second-order valence-electron chi connectivity index (χ2n) is 2.22. The number of hydrogen-bond donors (Lipinski definition) is 1. The first-order valence-corrected chi connectivity index (χ1v) is 3.39. The Hall–Kier alpha value is -1.57. The molecule has 0 radical (unpaired) electrons. The molecule has 0 aliphatic carbocycles. The fraction of sp³-hybridized carbons (Fsp3) is 0.333. The van der Waals surface area contributed by atoms with Gasteiger partial charge in [-0.1, -0.05) is 0 Å². The first-order valence-electron chi connectivity index (χ1n) is 3.39. The van der Waals surface area contributed by atoms with Gasteiger partial charge in [-0.2, -0.15) is 23.2 Å². The lowest BCUT2D eigenvalue weighted by Crippen LogP contribution is -2.19. The molecule has 0 spiro atoms. The highest BCUT2D eigenvalue weighted by Gasteiger charge is 2.29. The second kappa shape index (κ2) is 4.09. The van der Waals surface area contributed by atoms with E-state index in [1.807, 2.05) is 0 Å². The largest absolute Gasteiger partial charge is 0.415 e. The zero-order chi connectivity index (χ0) is 10.6. The first kappa shape index (κ1) is 10.5. The zero-order valence-corrected chi connectivity index (χ0v) is 6.67. The smallest absolute Gasteiger partial charge is 0.291 e. The predicted molar refractivity (Wildman–Crippen MR) is 36.0 cm³/mol. The Bertz CT molecular complexity index is 296. The number of hydrogen-bond acceptors (Lipinski definition) is 4. The highest BCUT2D eigenvalue weighted by molar-refractivity contribution is 5.86. The van der Waals surface area contributed by atoms with Crippen molar-refractivity contribution in [3.8, 4) is 0 Å². The van der Waals surface area contributed by atoms with E-state index in [0.717, 1.165) is 0 Å². The van der Waals surface area contributed by atoms with E-state index in [9.17, 15) is 18.0 Å². The van der Waals surface area contributed by atoms with Crippen LogP contribution in [0.15, 0.2) is 12.3 Å². The minimum Gasteiger partial charge on any atom is -0.291 e. The van der Waals surface area contributed by atoms with E-state index >= 15 is 0 Å². The van der Waals surface area contributed by atoms with E-state index in [0.29, 0.717) is 0 Å². The van der Waals surface area contributed by atoms with E-state index in [1.165, 1.54) is 12.3 Å². The zero-order valence-electron chi connectivity index (χ0n) is 6.67. The molecule has 0 aromatic carbocycles. The van der Waals surface area contributed by atoms with Crippen molar-refractivity contribution in [3.05, 3.63) is 18.0 Å². The van der Waals surface area contributed by atoms with E-state index in [-0.39, 0.29) is 5.69 Å². The van der Waals surface area contributed by atoms with Crippen molar-refractivity contribution in [3.63, 3.8) is 0 Å². The van der Waals surface area contributed by atoms with Crippen LogP contribution in [0.5, 0.6) is 0 Å². The van der Waals surface area contributed by atoms with E-state index in [2.05, 4.69) is 20.0 Å². The number of aromatic nitrogens is 2. The highest BCUT2D eigenvalue weighted by Crippen LogP contribution is 2.14. The minimum absolute atomic E-state index is 0.0906. The second-order valence-corrected chi connectivity index (χ2v) is 2.22. The maximum absolute atomic E-state index is 11.5. The van der Waals surface area contributed by atoms with Gasteiger partial charge in [-0.25, -0.2) is 4.79 Å². The van der Waals surface area contributed by atoms with Gasteiger partial charge in [-0.15, -0.1) is 0 Å². The van der Waals surface area contributed by atoms with Crippen LogP contribution in [0, 0.1) is 0 Å². The van der Waals surface area contributed by atoms with Crippen LogP contribution in [0.25, 0.3) is 0 Å². The van der Waals surface area contributed by atoms with E-state index in [1.54, 1.807) is 0 Å². The van der Waals surface area contributed by atoms with Crippen LogP contribution in [0.2, 0.25) is 0 Å². The maximum atomic E-state index is 11.5. The third kappa shape index (κ3) is 3.44. The quantitative estimate of drug-likeness (QED) is 0.598. The highest BCUT2D eigenvalue weighted by atomic mass is 19.4. The third-order valence-corrected chi connectivity index (χ3v) is 1.08. The topological polar surface area (TPSA) is 64.2 Å². The molecular formula is C6H5F3N2O3. The molecule has 14 heavy (non-hydrogen) atoms. The lowest BCUT2D eigenvalue weighted by Gasteiger charge is -2.04. The van der Waals surface area contributed by atoms with Crippen LogP contribution < -0.4 is 0 Å². The van der Waals surface area contributed by atoms with Gasteiger partial charge in [0.25, 0.3) is 0 Å². The lowest BCUT2D eigenvalue weighted by molar-refractivity contribution is -0.302. The molecular weight excluding hydrogens is 205 g/mol. The summed E-state index contributed by atoms with van der Waals surface area (Å²) in [6, 6.07) is 1.24. The summed E-state index contributed by atoms with van der Waals surface area (Å²) in [7, 11) is 0. The fourth-order valence-corrected chi connectivity index (χ4v) is 0.564. The molecule has 1 rings (SSSR count). The van der Waals surface area contributed by atoms with Crippen molar-refractivity contribution in [2.45, 2.75) is 6.18 Å². The van der Waals surface area contributed by atoms with Crippen LogP contribution in [-0.2, 0) is 9.78 Å². The van der Waals surface area contributed by atoms with Crippen molar-refractivity contribution < 1.29 is 27.7 Å². The summed E-state index contributed by atoms with van der Waals surface area (Å²) in [5.74, 6) is -1.06. The molecule has 1 aromatic rings. The summed E-state index contributed by atoms with van der Waals surface area (Å²) >= 11 is 0. The van der Waals surface area contributed by atoms with Crippen LogP contribution >= 0.6 is 0 Å². The number of rotatable bonds is 3. The molecule has 0 aliphatic rings. The number of carbonyl (C=O) groups is 1. The van der Waals surface area contributed by atoms with E-state index < -0.39 is 18.8 Å². The Morgan fingerprint density at radius 2 is 2.29 bits per heavy atom. The molecule has 0 bridgehead atoms. The number of nitrogens with zero attached hydrogens (tertiary/aromatic N) is 1. The molecule has 0 saturated carbocycles. The monoisotopic (exact) mass is 210 g/mol. The Kier molecular flexibility index (Phi) is 3.07. The average molecular weight is 210 g/mol. The number of alkyl halides is 3. The summed E-state index contributed by atoms with van der Waals surface area (Å²) in [6.07, 6.45) is -3.28. The fourth-order valence-electron chi connectivity index (χ4n) is 0.564. The lowest BCUT2D eigenvalue weighted by atomic mass is 10.5. The van der Waals surface area contributed by atoms with Crippen molar-refractivity contribution in [2.24, 2.45) is 0 Å². The molecule has 0 aliphatic heterocycles. The van der Waals surface area contributed by atoms with Gasteiger partial charge in [0.2, 0.25) is 0 Å². The summed E-state index contributed by atoms with van der Waals surface area (Å²) in [6.45, 7) is -1.65. The van der Waals surface area contributed by atoms with Crippen LogP contribution in [-0.4, -0.2) is 28.9 Å². The summed E-state index contributed by atoms with van der Waals surface area (Å²) in [5, 5.41) is 5.60. The molecule has 5 nitrogen and oxygen atoms in total. The molecule has 0 atom stereocenters. The number of carbonyl (C=O) groups excluding carboxylic acids is 1. The molecule has 78 valence electrons. The third-order valence-electron chi connectivity index (χ3n) is 1.08. The number of H-pyrrole nitrogens is 1. The van der Waals surface area contributed by atoms with Crippen molar-refractivity contribution in [2.75, 3.05) is 6.61 Å². The van der Waals surface area contributed by atoms with Crippen molar-refractivity contribution >= 4 is 5.97 Å². The number of aromatic amines is 1. The van der Waals surface area contributed by atoms with Gasteiger partial charge in [0, 0.05) is 6.20 Å². The number of nitrogens with one attached hydrogen (secondary N) is 1. The van der Waals surface area contributed by atoms with Gasteiger partial charge in [-0.3, -0.25) is 9.99 Å². The summed E-state index contributed by atoms with van der Waals surface area (Å²) in [5.41, 5.74) is -0.0906. The number of halogens is 3. The normalized spacial score (nSPS) is 11.4. The predicted octanol–water partition coefficient (Wildman–Crippen LogP) is 1.06. The summed E-state index contributed by atoms with van der Waals surface area (Å²) < 4.78 is 34.5. The minimum atomic E-state index is -4.53. The molecule has 1 heterocycles. The standard InChI is InChI=1S/C6H5F3N2O3/c7-6(8,9)3-13-14-5(12)4-1-2-10-11-4/h1-2H,3H2,(H,10,11). The summed E-state index contributed by atoms with van der Waals surface area (Å²) in [4.78, 5) is 18.3. The van der Waals surface area contributed by atoms with Gasteiger partial charge < -0.3 is 0 Å².